The van der Waals surface area contributed by atoms with Gasteiger partial charge in [-0.15, -0.1) is 0 Å². The predicted octanol–water partition coefficient (Wildman–Crippen LogP) is 20.1. The molecule has 0 aromatic heterocycles. The summed E-state index contributed by atoms with van der Waals surface area (Å²) >= 11 is 0. The molecule has 34 heteroatoms. The Balaban J connectivity index is 0. The molecular weight excluding hydrogens is 1360 g/mol. The molecule has 0 saturated heterocycles. The topological polar surface area (TPSA) is 83.1 Å². The molecule has 0 N–H and O–H groups in total. The van der Waals surface area contributed by atoms with Crippen molar-refractivity contribution in [1.82, 2.24) is 0 Å². The summed E-state index contributed by atoms with van der Waals surface area (Å²) in [7, 11) is -30.2. The molecular formula is C52H110F12O9Si13. The molecule has 0 amide bonds. The molecule has 2 aromatic carbocycles. The molecule has 0 aliphatic rings. The second-order valence-electron chi connectivity index (χ2n) is 29.7. The molecule has 0 radical (unpaired) electrons. The summed E-state index contributed by atoms with van der Waals surface area (Å²) in [5.74, 6) is 0. The van der Waals surface area contributed by atoms with E-state index in [0.29, 0.717) is 0 Å². The van der Waals surface area contributed by atoms with Gasteiger partial charge in [-0.1, -0.05) is 60.7 Å². The van der Waals surface area contributed by atoms with E-state index in [1.54, 1.807) is 26.2 Å². The van der Waals surface area contributed by atoms with Crippen LogP contribution in [0.5, 0.6) is 0 Å². The van der Waals surface area contributed by atoms with Gasteiger partial charge in [-0.2, -0.15) is 52.7 Å². The van der Waals surface area contributed by atoms with Crippen molar-refractivity contribution in [3.05, 3.63) is 60.7 Å². The SMILES string of the molecule is C[Si](C)(C)O[Si](C)(C)O[Si](C)(CCC(F)(F)F)O[Si](C)(C)C.C[Si](C)(C)O[Si](C)(CCC(F)(F)F)O[Si](C)(C)C.C[Si](C)(C)O[Si](C)(CCC(F)(F)F)O[Si](C)(C)C.C[Si](CCC(F)(F)F)(O[Si](C)(C)c1ccccc1)O[Si](C)(C)c1ccccc1. The average molecular weight is 1470 g/mol. The van der Waals surface area contributed by atoms with E-state index in [-0.39, 0.29) is 24.2 Å². The first-order valence-electron chi connectivity index (χ1n) is 29.1. The fraction of sp³-hybridized carbons (Fsp3) is 0.769. The Bertz CT molecular complexity index is 2110. The molecule has 2 aromatic rings. The number of alkyl halides is 12. The molecule has 0 aliphatic carbocycles. The highest BCUT2D eigenvalue weighted by molar-refractivity contribution is 6.96. The number of benzene rings is 2. The summed E-state index contributed by atoms with van der Waals surface area (Å²) < 4.78 is 207. The highest BCUT2D eigenvalue weighted by Crippen LogP contribution is 2.36. The molecule has 0 heterocycles. The van der Waals surface area contributed by atoms with Crippen molar-refractivity contribution in [2.45, 2.75) is 258 Å². The third-order valence-corrected chi connectivity index (χ3v) is 55.6. The molecule has 0 saturated carbocycles. The van der Waals surface area contributed by atoms with Crippen molar-refractivity contribution in [2.75, 3.05) is 0 Å². The van der Waals surface area contributed by atoms with Crippen LogP contribution in [-0.4, -0.2) is 134 Å². The second kappa shape index (κ2) is 32.9. The van der Waals surface area contributed by atoms with Gasteiger partial charge < -0.3 is 37.0 Å². The van der Waals surface area contributed by atoms with E-state index < -0.39 is 160 Å². The Hall–Kier alpha value is 0.0595. The van der Waals surface area contributed by atoms with E-state index in [1.807, 2.05) is 198 Å². The summed E-state index contributed by atoms with van der Waals surface area (Å²) in [4.78, 5) is 0. The van der Waals surface area contributed by atoms with Gasteiger partial charge >= 0.3 is 67.5 Å². The minimum Gasteiger partial charge on any atom is -0.437 e. The summed E-state index contributed by atoms with van der Waals surface area (Å²) in [6.07, 6.45) is -20.1. The van der Waals surface area contributed by atoms with Crippen LogP contribution < -0.4 is 10.4 Å². The van der Waals surface area contributed by atoms with Crippen molar-refractivity contribution < 1.29 is 89.7 Å². The summed E-state index contributed by atoms with van der Waals surface area (Å²) in [6.45, 7) is 54.9. The Labute approximate surface area is 524 Å². The van der Waals surface area contributed by atoms with Gasteiger partial charge in [-0.3, -0.25) is 0 Å². The van der Waals surface area contributed by atoms with Gasteiger partial charge in [0, 0.05) is 25.7 Å². The van der Waals surface area contributed by atoms with Crippen LogP contribution in [0.15, 0.2) is 60.7 Å². The van der Waals surface area contributed by atoms with Crippen LogP contribution in [0.4, 0.5) is 52.7 Å². The van der Waals surface area contributed by atoms with E-state index >= 15 is 0 Å². The normalized spacial score (nSPS) is 15.2. The lowest BCUT2D eigenvalue weighted by Gasteiger charge is -2.41. The average Bonchev–Trinajstić information content (AvgIpc) is 3.19. The lowest BCUT2D eigenvalue weighted by atomic mass is 10.4. The van der Waals surface area contributed by atoms with Gasteiger partial charge in [0.2, 0.25) is 16.6 Å². The van der Waals surface area contributed by atoms with Gasteiger partial charge in [-0.05, 0) is 218 Å². The third kappa shape index (κ3) is 47.9. The number of halogens is 12. The molecule has 0 aliphatic heterocycles. The zero-order valence-electron chi connectivity index (χ0n) is 57.1. The Morgan fingerprint density at radius 3 is 0.593 bits per heavy atom. The highest BCUT2D eigenvalue weighted by atomic mass is 28.5. The lowest BCUT2D eigenvalue weighted by molar-refractivity contribution is -0.132. The zero-order chi connectivity index (χ0) is 68.7. The van der Waals surface area contributed by atoms with Crippen LogP contribution in [0.25, 0.3) is 0 Å². The van der Waals surface area contributed by atoms with Crippen LogP contribution in [0, 0.1) is 0 Å². The van der Waals surface area contributed by atoms with Crippen LogP contribution in [-0.2, 0) is 37.0 Å². The first-order valence-corrected chi connectivity index (χ1v) is 68.3. The van der Waals surface area contributed by atoms with Crippen LogP contribution in [0.3, 0.4) is 0 Å². The number of hydrogen-bond donors (Lipinski definition) is 0. The molecule has 0 bridgehead atoms. The molecule has 86 heavy (non-hydrogen) atoms. The van der Waals surface area contributed by atoms with Crippen molar-refractivity contribution in [2.24, 2.45) is 0 Å². The second-order valence-corrected chi connectivity index (χ2v) is 83.5. The standard InChI is InChI=1S/C20H29F3O2Si3.C12H31F3O3Si4.2C10H25F3O2Si3/c1-26(2,18-12-8-6-9-13-18)24-28(5,17-16-20(21,22)23)25-27(3,4)19-14-10-7-11-15-19;1-19(2,3)16-21(7,8)18-22(9,17-20(4,5)6)11-10-12(13,14)15;2*1-16(2,3)14-18(7,15-17(4,5)6)9-8-10(11,12)13/h6-15H,16-17H2,1-5H3;10-11H2,1-9H3;2*8-9H2,1-7H3. The van der Waals surface area contributed by atoms with Gasteiger partial charge in [0.05, 0.1) is 0 Å². The quantitative estimate of drug-likeness (QED) is 0.0611. The first-order chi connectivity index (χ1) is 37.4. The van der Waals surface area contributed by atoms with Gasteiger partial charge in [0.15, 0.2) is 49.9 Å². The predicted molar refractivity (Wildman–Crippen MR) is 363 cm³/mol. The van der Waals surface area contributed by atoms with E-state index in [0.717, 1.165) is 10.4 Å². The summed E-state index contributed by atoms with van der Waals surface area (Å²) in [6, 6.07) is 19.4. The van der Waals surface area contributed by atoms with E-state index in [2.05, 4.69) is 19.6 Å². The van der Waals surface area contributed by atoms with E-state index in [9.17, 15) is 52.7 Å². The van der Waals surface area contributed by atoms with Gasteiger partial charge in [0.1, 0.15) is 0 Å². The van der Waals surface area contributed by atoms with Crippen LogP contribution >= 0.6 is 0 Å². The largest absolute Gasteiger partial charge is 0.437 e. The van der Waals surface area contributed by atoms with Crippen LogP contribution in [0.1, 0.15) is 25.7 Å². The molecule has 1 atom stereocenters. The molecule has 508 valence electrons. The summed E-state index contributed by atoms with van der Waals surface area (Å²) in [5.41, 5.74) is 0. The maximum Gasteiger partial charge on any atom is 0.389 e. The van der Waals surface area contributed by atoms with E-state index in [4.69, 9.17) is 37.0 Å². The minimum absolute atomic E-state index is 0.00889. The van der Waals surface area contributed by atoms with Crippen molar-refractivity contribution in [3.63, 3.8) is 0 Å². The smallest absolute Gasteiger partial charge is 0.389 e. The lowest BCUT2D eigenvalue weighted by Crippen LogP contribution is -2.61. The fourth-order valence-corrected chi connectivity index (χ4v) is 65.8. The molecule has 0 fully saturated rings. The molecule has 1 unspecified atom stereocenters. The number of rotatable bonds is 28. The Kier molecular flexibility index (Phi) is 33.8. The fourth-order valence-electron chi connectivity index (χ4n) is 9.36. The van der Waals surface area contributed by atoms with E-state index in [1.165, 1.54) is 0 Å². The monoisotopic (exact) mass is 1470 g/mol. The van der Waals surface area contributed by atoms with Gasteiger partial charge in [-0.25, -0.2) is 0 Å². The Morgan fingerprint density at radius 2 is 0.419 bits per heavy atom. The molecule has 2 rings (SSSR count). The maximum atomic E-state index is 13.0. The summed E-state index contributed by atoms with van der Waals surface area (Å²) in [5, 5.41) is 2.12. The zero-order valence-corrected chi connectivity index (χ0v) is 70.1. The minimum atomic E-state index is -4.22. The molecule has 9 nitrogen and oxygen atoms in total. The number of hydrogen-bond acceptors (Lipinski definition) is 9. The highest BCUT2D eigenvalue weighted by Gasteiger charge is 2.50. The van der Waals surface area contributed by atoms with Crippen molar-refractivity contribution in [1.29, 1.82) is 0 Å². The molecule has 0 spiro atoms. The third-order valence-electron chi connectivity index (χ3n) is 11.0. The maximum absolute atomic E-state index is 13.0. The van der Waals surface area contributed by atoms with Crippen molar-refractivity contribution >= 4 is 120 Å². The van der Waals surface area contributed by atoms with Crippen molar-refractivity contribution in [3.8, 4) is 0 Å². The first kappa shape index (κ1) is 88.1. The Morgan fingerprint density at radius 1 is 0.244 bits per heavy atom. The van der Waals surface area contributed by atoms with Gasteiger partial charge in [0.25, 0.3) is 0 Å². The van der Waals surface area contributed by atoms with Crippen LogP contribution in [0.2, 0.25) is 207 Å².